The summed E-state index contributed by atoms with van der Waals surface area (Å²) < 4.78 is 141. The Morgan fingerprint density at radius 3 is 1.31 bits per heavy atom. The van der Waals surface area contributed by atoms with Gasteiger partial charge in [-0.3, -0.25) is 19.2 Å². The second-order valence-corrected chi connectivity index (χ2v) is 22.1. The summed E-state index contributed by atoms with van der Waals surface area (Å²) in [5.41, 5.74) is -6.87. The highest BCUT2D eigenvalue weighted by atomic mass is 19.4. The van der Waals surface area contributed by atoms with E-state index in [4.69, 9.17) is 18.9 Å². The molecule has 0 N–H and O–H groups in total. The zero-order valence-electron chi connectivity index (χ0n) is 47.5. The molecule has 4 rings (SSSR count). The minimum Gasteiger partial charge on any atom is -0.451 e. The Labute approximate surface area is 464 Å². The van der Waals surface area contributed by atoms with Crippen molar-refractivity contribution < 1.29 is 102 Å². The number of hydrogen-bond acceptors (Lipinski definition) is 14. The van der Waals surface area contributed by atoms with Gasteiger partial charge in [0.1, 0.15) is 46.2 Å². The van der Waals surface area contributed by atoms with Gasteiger partial charge in [-0.05, 0) is 101 Å². The van der Waals surface area contributed by atoms with Crippen LogP contribution in [-0.2, 0) is 70.1 Å². The van der Waals surface area contributed by atoms with Crippen molar-refractivity contribution in [3.8, 4) is 11.5 Å². The van der Waals surface area contributed by atoms with Crippen molar-refractivity contribution >= 4 is 47.5 Å². The SMILES string of the molecule is CC(C)/C=C1\C(=O)O[C@@H](C)C(=O)N(C)[C@@H](CC(C)(C)F)C(=O)O[C@@H](Cc2ccc(OC(F)(F)F)cc2)C(=O)N(C)C2(CC2C(C)C)C(=O)O[C@@H](C)C(=O)N(C)[C@@H](CC(C)(C)F)C(=O)O[C@@H](Cc2ccc(OC(F)(F)F)cc2)C(=O)N1C. The number of alkyl halides is 8. The van der Waals surface area contributed by atoms with E-state index in [0.29, 0.717) is 14.7 Å². The number of likely N-dealkylation sites (N-methyl/N-ethyl adjacent to an activating group) is 4. The molecule has 1 aliphatic heterocycles. The molecular weight excluding hydrogens is 1090 g/mol. The predicted octanol–water partition coefficient (Wildman–Crippen LogP) is 7.77. The molecule has 1 spiro atoms. The Morgan fingerprint density at radius 2 is 0.963 bits per heavy atom. The van der Waals surface area contributed by atoms with Gasteiger partial charge in [-0.2, -0.15) is 0 Å². The molecule has 0 radical (unpaired) electrons. The third-order valence-electron chi connectivity index (χ3n) is 13.5. The average molecular weight is 1160 g/mol. The number of benzene rings is 2. The number of ether oxygens (including phenoxy) is 6. The number of cyclic esters (lactones) is 4. The van der Waals surface area contributed by atoms with E-state index in [9.17, 15) is 64.7 Å². The van der Waals surface area contributed by atoms with Crippen LogP contribution >= 0.6 is 0 Å². The first-order valence-corrected chi connectivity index (χ1v) is 25.8. The van der Waals surface area contributed by atoms with Crippen molar-refractivity contribution in [3.05, 3.63) is 71.4 Å². The largest absolute Gasteiger partial charge is 0.573 e. The molecule has 2 aromatic rings. The lowest BCUT2D eigenvalue weighted by Crippen LogP contribution is -2.56. The fourth-order valence-electron chi connectivity index (χ4n) is 9.22. The van der Waals surface area contributed by atoms with Crippen LogP contribution in [0.5, 0.6) is 11.5 Å². The van der Waals surface area contributed by atoms with E-state index in [1.165, 1.54) is 13.1 Å². The summed E-state index contributed by atoms with van der Waals surface area (Å²) >= 11 is 0. The van der Waals surface area contributed by atoms with Crippen molar-refractivity contribution in [2.45, 2.75) is 167 Å². The monoisotopic (exact) mass is 1160 g/mol. The molecule has 2 aliphatic rings. The summed E-state index contributed by atoms with van der Waals surface area (Å²) in [6.45, 7) is 13.0. The van der Waals surface area contributed by atoms with Gasteiger partial charge < -0.3 is 48.0 Å². The smallest absolute Gasteiger partial charge is 0.451 e. The minimum absolute atomic E-state index is 0.0606. The Kier molecular flexibility index (Phi) is 21.2. The first kappa shape index (κ1) is 66.5. The first-order valence-electron chi connectivity index (χ1n) is 25.8. The zero-order chi connectivity index (χ0) is 61.7. The highest BCUT2D eigenvalue weighted by Gasteiger charge is 2.67. The van der Waals surface area contributed by atoms with Crippen LogP contribution in [0.25, 0.3) is 0 Å². The number of rotatable bonds is 12. The van der Waals surface area contributed by atoms with E-state index in [1.807, 2.05) is 0 Å². The number of carbonyl (C=O) groups is 8. The molecule has 1 saturated carbocycles. The van der Waals surface area contributed by atoms with E-state index in [1.54, 1.807) is 27.7 Å². The fourth-order valence-corrected chi connectivity index (χ4v) is 9.22. The molecule has 1 heterocycles. The van der Waals surface area contributed by atoms with Gasteiger partial charge in [-0.1, -0.05) is 58.0 Å². The van der Waals surface area contributed by atoms with Gasteiger partial charge in [0, 0.05) is 53.9 Å². The Bertz CT molecular complexity index is 2640. The van der Waals surface area contributed by atoms with Crippen LogP contribution in [-0.4, -0.2) is 161 Å². The zero-order valence-corrected chi connectivity index (χ0v) is 47.5. The molecule has 4 amide bonds. The van der Waals surface area contributed by atoms with Crippen LogP contribution < -0.4 is 9.47 Å². The number of carbonyl (C=O) groups excluding carboxylic acids is 8. The third-order valence-corrected chi connectivity index (χ3v) is 13.5. The first-order chi connectivity index (χ1) is 37.0. The normalized spacial score (nSPS) is 25.7. The van der Waals surface area contributed by atoms with E-state index in [-0.39, 0.29) is 23.5 Å². The van der Waals surface area contributed by atoms with Gasteiger partial charge in [-0.15, -0.1) is 26.3 Å². The van der Waals surface area contributed by atoms with Crippen LogP contribution in [0.2, 0.25) is 0 Å². The molecule has 81 heavy (non-hydrogen) atoms. The number of allylic oxidation sites excluding steroid dienone is 1. The lowest BCUT2D eigenvalue weighted by molar-refractivity contribution is -0.275. The lowest BCUT2D eigenvalue weighted by Gasteiger charge is -2.35. The molecule has 0 bridgehead atoms. The number of amides is 4. The maximum Gasteiger partial charge on any atom is 0.573 e. The van der Waals surface area contributed by atoms with Crippen molar-refractivity contribution in [1.82, 2.24) is 19.6 Å². The van der Waals surface area contributed by atoms with E-state index < -0.39 is 168 Å². The quantitative estimate of drug-likeness (QED) is 0.0862. The number of nitrogens with zero attached hydrogens (tertiary/aromatic N) is 4. The number of hydrogen-bond donors (Lipinski definition) is 0. The highest BCUT2D eigenvalue weighted by molar-refractivity contribution is 5.99. The standard InChI is InChI=1S/C55H70F8N4O14/c1-29(2)23-38-47(72)76-31(5)43(68)65(12)40(28-52(9,10)57)49(74)79-42(25-34-17-21-36(22-18-34)81-55(61,62)63)46(71)67(14)53(26-37(53)30(3)4)50(75)77-32(6)44(69)66(13)39(27-51(7,8)56)48(73)78-41(45(70)64(38)11)24-33-15-19-35(20-16-33)80-54(58,59)60/h15-23,29-32,37,39-42H,24-28H2,1-14H3/b38-23+/t31-,32-,37?,39-,40-,41-,42-,53?/m0/s1. The summed E-state index contributed by atoms with van der Waals surface area (Å²) in [5, 5.41) is 0. The third kappa shape index (κ3) is 18.2. The second kappa shape index (κ2) is 25.8. The van der Waals surface area contributed by atoms with Crippen LogP contribution in [0.3, 0.4) is 0 Å². The average Bonchev–Trinajstić information content (AvgIpc) is 4.13. The van der Waals surface area contributed by atoms with Gasteiger partial charge in [-0.25, -0.2) is 28.0 Å². The fraction of sp³-hybridized carbons (Fsp3) is 0.600. The van der Waals surface area contributed by atoms with Crippen LogP contribution in [0.1, 0.15) is 99.6 Å². The maximum atomic E-state index is 15.8. The van der Waals surface area contributed by atoms with Gasteiger partial charge in [0.05, 0.1) is 0 Å². The molecule has 2 unspecified atom stereocenters. The summed E-state index contributed by atoms with van der Waals surface area (Å²) in [6, 6.07) is 4.30. The Hall–Kier alpha value is -7.02. The highest BCUT2D eigenvalue weighted by Crippen LogP contribution is 2.53. The summed E-state index contributed by atoms with van der Waals surface area (Å²) in [6.07, 6.45) is -19.5. The van der Waals surface area contributed by atoms with E-state index in [2.05, 4.69) is 9.47 Å². The molecule has 1 aliphatic carbocycles. The topological polar surface area (TPSA) is 205 Å². The van der Waals surface area contributed by atoms with E-state index in [0.717, 1.165) is 116 Å². The van der Waals surface area contributed by atoms with Gasteiger partial charge in [0.2, 0.25) is 0 Å². The Morgan fingerprint density at radius 1 is 0.580 bits per heavy atom. The number of esters is 4. The summed E-state index contributed by atoms with van der Waals surface area (Å²) in [5.74, 6) is -12.9. The van der Waals surface area contributed by atoms with Crippen LogP contribution in [0, 0.1) is 17.8 Å². The predicted molar refractivity (Wildman–Crippen MR) is 271 cm³/mol. The Balaban J connectivity index is 1.94. The number of halogens is 8. The molecule has 8 atom stereocenters. The maximum absolute atomic E-state index is 15.8. The summed E-state index contributed by atoms with van der Waals surface area (Å²) in [4.78, 5) is 119. The van der Waals surface area contributed by atoms with Gasteiger partial charge in [0.25, 0.3) is 23.6 Å². The molecular formula is C55H70F8N4O14. The molecule has 2 fully saturated rings. The molecule has 1 saturated heterocycles. The molecule has 0 aromatic heterocycles. The van der Waals surface area contributed by atoms with Crippen molar-refractivity contribution in [2.75, 3.05) is 28.2 Å². The van der Waals surface area contributed by atoms with Crippen molar-refractivity contribution in [1.29, 1.82) is 0 Å². The van der Waals surface area contributed by atoms with Gasteiger partial charge in [0.15, 0.2) is 24.4 Å². The van der Waals surface area contributed by atoms with Crippen LogP contribution in [0.4, 0.5) is 35.1 Å². The van der Waals surface area contributed by atoms with Gasteiger partial charge >= 0.3 is 36.6 Å². The molecule has 2 aromatic carbocycles. The lowest BCUT2D eigenvalue weighted by atomic mass is 9.98. The second-order valence-electron chi connectivity index (χ2n) is 22.1. The molecule has 18 nitrogen and oxygen atoms in total. The molecule has 26 heteroatoms. The summed E-state index contributed by atoms with van der Waals surface area (Å²) in [7, 11) is 4.31. The van der Waals surface area contributed by atoms with Crippen molar-refractivity contribution in [3.63, 3.8) is 0 Å². The minimum atomic E-state index is -5.08. The van der Waals surface area contributed by atoms with Crippen molar-refractivity contribution in [2.24, 2.45) is 17.8 Å². The molecule has 450 valence electrons. The van der Waals surface area contributed by atoms with Crippen LogP contribution in [0.15, 0.2) is 60.3 Å². The van der Waals surface area contributed by atoms with E-state index >= 15 is 8.78 Å².